The highest BCUT2D eigenvalue weighted by Crippen LogP contribution is 2.33. The van der Waals surface area contributed by atoms with Crippen molar-refractivity contribution in [2.45, 2.75) is 50.8 Å². The minimum absolute atomic E-state index is 0.209. The molecule has 1 heterocycles. The smallest absolute Gasteiger partial charge is 0.315 e. The van der Waals surface area contributed by atoms with Crippen molar-refractivity contribution in [1.29, 1.82) is 0 Å². The van der Waals surface area contributed by atoms with Crippen LogP contribution in [0.1, 0.15) is 44.2 Å². The topological polar surface area (TPSA) is 88.7 Å². The van der Waals surface area contributed by atoms with Crippen molar-refractivity contribution in [2.75, 3.05) is 13.7 Å². The summed E-state index contributed by atoms with van der Waals surface area (Å²) in [6.45, 7) is 2.20. The Balaban J connectivity index is 1.64. The molecule has 1 aromatic carbocycles. The fraction of sp³-hybridized carbons (Fsp3) is 0.556. The van der Waals surface area contributed by atoms with Gasteiger partial charge in [-0.15, -0.1) is 0 Å². The molecule has 1 aromatic rings. The number of benzene rings is 1. The molecule has 1 aliphatic heterocycles. The Morgan fingerprint density at radius 1 is 1.28 bits per heavy atom. The summed E-state index contributed by atoms with van der Waals surface area (Å²) in [4.78, 5) is 23.3. The zero-order valence-electron chi connectivity index (χ0n) is 14.6. The number of carbonyl (C=O) groups is 2. The average molecular weight is 347 g/mol. The molecule has 0 bridgehead atoms. The van der Waals surface area contributed by atoms with Gasteiger partial charge in [-0.25, -0.2) is 4.79 Å². The van der Waals surface area contributed by atoms with Gasteiger partial charge in [-0.3, -0.25) is 4.79 Å². The number of ether oxygens (including phenoxy) is 2. The summed E-state index contributed by atoms with van der Waals surface area (Å²) in [6, 6.07) is 4.65. The number of hydrogen-bond donors (Lipinski definition) is 3. The molecule has 0 radical (unpaired) electrons. The van der Waals surface area contributed by atoms with Gasteiger partial charge in [0.25, 0.3) is 0 Å². The summed E-state index contributed by atoms with van der Waals surface area (Å²) in [5, 5.41) is 8.06. The predicted octanol–water partition coefficient (Wildman–Crippen LogP) is 1.88. The van der Waals surface area contributed by atoms with E-state index < -0.39 is 6.04 Å². The molecule has 1 saturated heterocycles. The summed E-state index contributed by atoms with van der Waals surface area (Å²) >= 11 is 0. The SMILES string of the molecule is COc1cc([C@H](C)NC(=O)[C@@H]2CNC(=O)N2)ccc1OC1CCCC1. The van der Waals surface area contributed by atoms with Crippen molar-refractivity contribution in [3.63, 3.8) is 0 Å². The minimum Gasteiger partial charge on any atom is -0.493 e. The highest BCUT2D eigenvalue weighted by atomic mass is 16.5. The monoisotopic (exact) mass is 347 g/mol. The Labute approximate surface area is 147 Å². The molecule has 7 nitrogen and oxygen atoms in total. The van der Waals surface area contributed by atoms with Crippen LogP contribution >= 0.6 is 0 Å². The van der Waals surface area contributed by atoms with E-state index in [1.54, 1.807) is 7.11 Å². The lowest BCUT2D eigenvalue weighted by Gasteiger charge is -2.20. The van der Waals surface area contributed by atoms with E-state index in [4.69, 9.17) is 9.47 Å². The zero-order valence-corrected chi connectivity index (χ0v) is 14.6. The Kier molecular flexibility index (Phi) is 5.31. The molecule has 25 heavy (non-hydrogen) atoms. The summed E-state index contributed by atoms with van der Waals surface area (Å²) < 4.78 is 11.5. The summed E-state index contributed by atoms with van der Waals surface area (Å²) in [5.41, 5.74) is 0.918. The third-order valence-corrected chi connectivity index (χ3v) is 4.73. The third kappa shape index (κ3) is 4.15. The van der Waals surface area contributed by atoms with Crippen molar-refractivity contribution in [3.05, 3.63) is 23.8 Å². The van der Waals surface area contributed by atoms with Crippen molar-refractivity contribution in [2.24, 2.45) is 0 Å². The van der Waals surface area contributed by atoms with Gasteiger partial charge in [0.1, 0.15) is 6.04 Å². The van der Waals surface area contributed by atoms with Gasteiger partial charge in [0.15, 0.2) is 11.5 Å². The van der Waals surface area contributed by atoms with Crippen LogP contribution in [0.5, 0.6) is 11.5 Å². The first-order valence-corrected chi connectivity index (χ1v) is 8.76. The summed E-state index contributed by atoms with van der Waals surface area (Å²) in [7, 11) is 1.61. The van der Waals surface area contributed by atoms with Crippen molar-refractivity contribution < 1.29 is 19.1 Å². The summed E-state index contributed by atoms with van der Waals surface area (Å²) in [6.07, 6.45) is 4.84. The quantitative estimate of drug-likeness (QED) is 0.733. The van der Waals surface area contributed by atoms with Crippen LogP contribution in [0.3, 0.4) is 0 Å². The van der Waals surface area contributed by atoms with E-state index in [9.17, 15) is 9.59 Å². The number of carbonyl (C=O) groups excluding carboxylic acids is 2. The normalized spacial score (nSPS) is 21.4. The van der Waals surface area contributed by atoms with Gasteiger partial charge in [0, 0.05) is 6.54 Å². The molecule has 0 spiro atoms. The van der Waals surface area contributed by atoms with Crippen molar-refractivity contribution in [1.82, 2.24) is 16.0 Å². The van der Waals surface area contributed by atoms with Crippen molar-refractivity contribution >= 4 is 11.9 Å². The second-order valence-electron chi connectivity index (χ2n) is 6.57. The number of nitrogens with one attached hydrogen (secondary N) is 3. The van der Waals surface area contributed by atoms with Gasteiger partial charge in [0.05, 0.1) is 19.3 Å². The average Bonchev–Trinajstić information content (AvgIpc) is 3.26. The molecule has 2 fully saturated rings. The van der Waals surface area contributed by atoms with E-state index in [1.165, 1.54) is 12.8 Å². The van der Waals surface area contributed by atoms with Gasteiger partial charge in [-0.05, 0) is 50.3 Å². The number of hydrogen-bond acceptors (Lipinski definition) is 4. The van der Waals surface area contributed by atoms with Crippen LogP contribution < -0.4 is 25.4 Å². The number of urea groups is 1. The molecule has 3 amide bonds. The van der Waals surface area contributed by atoms with Crippen molar-refractivity contribution in [3.8, 4) is 11.5 Å². The molecule has 2 atom stereocenters. The number of rotatable bonds is 6. The van der Waals surface area contributed by atoms with E-state index in [0.717, 1.165) is 24.2 Å². The molecule has 0 aromatic heterocycles. The van der Waals surface area contributed by atoms with E-state index >= 15 is 0 Å². The van der Waals surface area contributed by atoms with Crippen LogP contribution in [-0.4, -0.2) is 37.7 Å². The van der Waals surface area contributed by atoms with Crippen LogP contribution in [0.4, 0.5) is 4.79 Å². The fourth-order valence-corrected chi connectivity index (χ4v) is 3.25. The van der Waals surface area contributed by atoms with Crippen LogP contribution in [0.15, 0.2) is 18.2 Å². The van der Waals surface area contributed by atoms with E-state index in [1.807, 2.05) is 25.1 Å². The van der Waals surface area contributed by atoms with Crippen LogP contribution in [0, 0.1) is 0 Å². The van der Waals surface area contributed by atoms with Gasteiger partial charge >= 0.3 is 6.03 Å². The molecule has 2 aliphatic rings. The highest BCUT2D eigenvalue weighted by Gasteiger charge is 2.28. The summed E-state index contributed by atoms with van der Waals surface area (Å²) in [5.74, 6) is 1.20. The molecule has 136 valence electrons. The largest absolute Gasteiger partial charge is 0.493 e. The van der Waals surface area contributed by atoms with Crippen LogP contribution in [0.2, 0.25) is 0 Å². The van der Waals surface area contributed by atoms with E-state index in [2.05, 4.69) is 16.0 Å². The van der Waals surface area contributed by atoms with E-state index in [0.29, 0.717) is 12.3 Å². The van der Waals surface area contributed by atoms with Gasteiger partial charge in [-0.1, -0.05) is 6.07 Å². The first-order valence-electron chi connectivity index (χ1n) is 8.76. The lowest BCUT2D eigenvalue weighted by atomic mass is 10.1. The molecular formula is C18H25N3O4. The molecule has 1 saturated carbocycles. The fourth-order valence-electron chi connectivity index (χ4n) is 3.25. The van der Waals surface area contributed by atoms with Crippen LogP contribution in [-0.2, 0) is 4.79 Å². The molecule has 0 unspecified atom stereocenters. The molecular weight excluding hydrogens is 322 g/mol. The Bertz CT molecular complexity index is 643. The maximum absolute atomic E-state index is 12.2. The number of amides is 3. The maximum atomic E-state index is 12.2. The molecule has 3 rings (SSSR count). The molecule has 7 heteroatoms. The maximum Gasteiger partial charge on any atom is 0.315 e. The zero-order chi connectivity index (χ0) is 17.8. The van der Waals surface area contributed by atoms with Gasteiger partial charge in [0.2, 0.25) is 5.91 Å². The second kappa shape index (κ2) is 7.63. The first-order chi connectivity index (χ1) is 12.1. The minimum atomic E-state index is -0.540. The second-order valence-corrected chi connectivity index (χ2v) is 6.57. The Hall–Kier alpha value is -2.44. The molecule has 1 aliphatic carbocycles. The third-order valence-electron chi connectivity index (χ3n) is 4.73. The standard InChI is InChI=1S/C18H25N3O4/c1-11(20-17(22)14-10-19-18(23)21-14)12-7-8-15(16(9-12)24-2)25-13-5-3-4-6-13/h7-9,11,13-14H,3-6,10H2,1-2H3,(H,20,22)(H2,19,21,23)/t11-,14-/m0/s1. The highest BCUT2D eigenvalue weighted by molar-refractivity contribution is 5.90. The number of methoxy groups -OCH3 is 1. The van der Waals surface area contributed by atoms with Gasteiger partial charge < -0.3 is 25.4 Å². The first kappa shape index (κ1) is 17.4. The van der Waals surface area contributed by atoms with Gasteiger partial charge in [-0.2, -0.15) is 0 Å². The lowest BCUT2D eigenvalue weighted by Crippen LogP contribution is -2.43. The van der Waals surface area contributed by atoms with E-state index in [-0.39, 0.29) is 24.1 Å². The Morgan fingerprint density at radius 3 is 2.68 bits per heavy atom. The molecule has 3 N–H and O–H groups in total. The predicted molar refractivity (Wildman–Crippen MR) is 92.8 cm³/mol. The lowest BCUT2D eigenvalue weighted by molar-refractivity contribution is -0.123. The van der Waals surface area contributed by atoms with Crippen LogP contribution in [0.25, 0.3) is 0 Å². The Morgan fingerprint density at radius 2 is 2.04 bits per heavy atom.